The molecule has 4 aromatic rings. The fourth-order valence-corrected chi connectivity index (χ4v) is 2.77. The highest BCUT2D eigenvalue weighted by molar-refractivity contribution is 5.73. The van der Waals surface area contributed by atoms with E-state index in [9.17, 15) is 20.4 Å². The highest BCUT2D eigenvalue weighted by Gasteiger charge is 2.17. The van der Waals surface area contributed by atoms with Gasteiger partial charge in [-0.3, -0.25) is 0 Å². The average molecular weight is 373 g/mol. The van der Waals surface area contributed by atoms with Crippen molar-refractivity contribution in [3.8, 4) is 57.2 Å². The number of hydrogen-bond donors (Lipinski definition) is 4. The van der Waals surface area contributed by atoms with E-state index in [0.717, 1.165) is 0 Å². The third-order valence-corrected chi connectivity index (χ3v) is 4.15. The van der Waals surface area contributed by atoms with Crippen molar-refractivity contribution in [1.82, 2.24) is 15.0 Å². The second kappa shape index (κ2) is 6.88. The molecular weight excluding hydrogens is 358 g/mol. The maximum atomic E-state index is 10.2. The zero-order valence-corrected chi connectivity index (χ0v) is 14.5. The van der Waals surface area contributed by atoms with Crippen molar-refractivity contribution in [3.05, 3.63) is 66.7 Å². The van der Waals surface area contributed by atoms with E-state index in [-0.39, 0.29) is 46.0 Å². The van der Waals surface area contributed by atoms with E-state index in [0.29, 0.717) is 11.1 Å². The molecule has 0 amide bonds. The molecule has 0 atom stereocenters. The minimum atomic E-state index is -0.210. The molecule has 7 nitrogen and oxygen atoms in total. The molecule has 0 spiro atoms. The molecule has 0 aliphatic heterocycles. The molecule has 0 saturated heterocycles. The maximum absolute atomic E-state index is 10.2. The third kappa shape index (κ3) is 3.16. The van der Waals surface area contributed by atoms with E-state index in [1.807, 2.05) is 0 Å². The van der Waals surface area contributed by atoms with Gasteiger partial charge in [0.1, 0.15) is 23.0 Å². The quantitative estimate of drug-likeness (QED) is 0.432. The fraction of sp³-hybridized carbons (Fsp3) is 0. The number of rotatable bonds is 3. The van der Waals surface area contributed by atoms with Gasteiger partial charge in [0.25, 0.3) is 0 Å². The molecule has 7 heteroatoms. The first-order chi connectivity index (χ1) is 13.5. The van der Waals surface area contributed by atoms with Crippen LogP contribution < -0.4 is 0 Å². The van der Waals surface area contributed by atoms with Gasteiger partial charge in [-0.15, -0.1) is 0 Å². The van der Waals surface area contributed by atoms with Crippen molar-refractivity contribution >= 4 is 0 Å². The van der Waals surface area contributed by atoms with Crippen LogP contribution in [0.4, 0.5) is 0 Å². The monoisotopic (exact) mass is 373 g/mol. The van der Waals surface area contributed by atoms with Crippen LogP contribution in [0.5, 0.6) is 23.0 Å². The first kappa shape index (κ1) is 17.3. The summed E-state index contributed by atoms with van der Waals surface area (Å²) in [6.07, 6.45) is 0. The molecular formula is C21H15N3O4. The summed E-state index contributed by atoms with van der Waals surface area (Å²) in [5, 5.41) is 40.2. The Hall–Kier alpha value is -4.13. The van der Waals surface area contributed by atoms with Gasteiger partial charge in [-0.1, -0.05) is 24.3 Å². The molecule has 1 heterocycles. The van der Waals surface area contributed by atoms with E-state index < -0.39 is 0 Å². The maximum Gasteiger partial charge on any atom is 0.167 e. The molecule has 0 saturated carbocycles. The van der Waals surface area contributed by atoms with E-state index in [2.05, 4.69) is 15.0 Å². The van der Waals surface area contributed by atoms with Crippen LogP contribution in [0, 0.1) is 0 Å². The zero-order valence-electron chi connectivity index (χ0n) is 14.5. The van der Waals surface area contributed by atoms with Crippen LogP contribution >= 0.6 is 0 Å². The Balaban J connectivity index is 1.99. The Bertz CT molecular complexity index is 1110. The van der Waals surface area contributed by atoms with Crippen LogP contribution in [0.2, 0.25) is 0 Å². The Kier molecular flexibility index (Phi) is 4.25. The smallest absolute Gasteiger partial charge is 0.167 e. The molecule has 3 aromatic carbocycles. The van der Waals surface area contributed by atoms with Gasteiger partial charge in [0, 0.05) is 6.07 Å². The molecule has 0 fully saturated rings. The van der Waals surface area contributed by atoms with Gasteiger partial charge in [0.15, 0.2) is 17.5 Å². The number of phenols is 4. The van der Waals surface area contributed by atoms with Gasteiger partial charge < -0.3 is 20.4 Å². The van der Waals surface area contributed by atoms with E-state index >= 15 is 0 Å². The Morgan fingerprint density at radius 2 is 0.893 bits per heavy atom. The molecule has 0 radical (unpaired) electrons. The third-order valence-electron chi connectivity index (χ3n) is 4.15. The minimum Gasteiger partial charge on any atom is -0.508 e. The molecule has 0 aliphatic rings. The second-order valence-electron chi connectivity index (χ2n) is 6.04. The average Bonchev–Trinajstić information content (AvgIpc) is 2.68. The first-order valence-electron chi connectivity index (χ1n) is 8.38. The standard InChI is InChI=1S/C21H15N3O4/c25-12-9-10-15(18(28)11-12)21-23-19(13-5-1-3-7-16(13)26)22-20(24-21)14-6-2-4-8-17(14)27/h1-11,25-28H. The van der Waals surface area contributed by atoms with Crippen molar-refractivity contribution in [2.45, 2.75) is 0 Å². The summed E-state index contributed by atoms with van der Waals surface area (Å²) < 4.78 is 0. The summed E-state index contributed by atoms with van der Waals surface area (Å²) in [6, 6.07) is 17.2. The van der Waals surface area contributed by atoms with E-state index in [1.165, 1.54) is 30.3 Å². The van der Waals surface area contributed by atoms with Crippen LogP contribution in [0.1, 0.15) is 0 Å². The predicted molar refractivity (Wildman–Crippen MR) is 103 cm³/mol. The van der Waals surface area contributed by atoms with Crippen molar-refractivity contribution < 1.29 is 20.4 Å². The number of aromatic nitrogens is 3. The Morgan fingerprint density at radius 1 is 0.464 bits per heavy atom. The summed E-state index contributed by atoms with van der Waals surface area (Å²) in [5.74, 6) is 0.136. The highest BCUT2D eigenvalue weighted by Crippen LogP contribution is 2.35. The van der Waals surface area contributed by atoms with Crippen molar-refractivity contribution in [2.75, 3.05) is 0 Å². The summed E-state index contributed by atoms with van der Waals surface area (Å²) in [6.45, 7) is 0. The molecule has 138 valence electrons. The number of benzene rings is 3. The van der Waals surface area contributed by atoms with Gasteiger partial charge >= 0.3 is 0 Å². The highest BCUT2D eigenvalue weighted by atomic mass is 16.3. The summed E-state index contributed by atoms with van der Waals surface area (Å²) in [5.41, 5.74) is 1.02. The number of nitrogens with zero attached hydrogens (tertiary/aromatic N) is 3. The molecule has 4 rings (SSSR count). The second-order valence-corrected chi connectivity index (χ2v) is 6.04. The van der Waals surface area contributed by atoms with Crippen molar-refractivity contribution in [2.24, 2.45) is 0 Å². The van der Waals surface area contributed by atoms with Crippen LogP contribution in [-0.2, 0) is 0 Å². The zero-order chi connectivity index (χ0) is 19.7. The first-order valence-corrected chi connectivity index (χ1v) is 8.38. The lowest BCUT2D eigenvalue weighted by Crippen LogP contribution is -2.00. The number of aromatic hydroxyl groups is 4. The van der Waals surface area contributed by atoms with E-state index in [1.54, 1.807) is 36.4 Å². The van der Waals surface area contributed by atoms with Crippen molar-refractivity contribution in [1.29, 1.82) is 0 Å². The van der Waals surface area contributed by atoms with Gasteiger partial charge in [-0.05, 0) is 36.4 Å². The molecule has 1 aromatic heterocycles. The molecule has 0 aliphatic carbocycles. The summed E-state index contributed by atoms with van der Waals surface area (Å²) in [7, 11) is 0. The van der Waals surface area contributed by atoms with Crippen LogP contribution in [0.15, 0.2) is 66.7 Å². The van der Waals surface area contributed by atoms with Crippen LogP contribution in [0.25, 0.3) is 34.2 Å². The lowest BCUT2D eigenvalue weighted by Gasteiger charge is -2.10. The lowest BCUT2D eigenvalue weighted by molar-refractivity contribution is 0.451. The van der Waals surface area contributed by atoms with Gasteiger partial charge in [-0.2, -0.15) is 0 Å². The van der Waals surface area contributed by atoms with Gasteiger partial charge in [-0.25, -0.2) is 15.0 Å². The lowest BCUT2D eigenvalue weighted by atomic mass is 10.1. The fourth-order valence-electron chi connectivity index (χ4n) is 2.77. The van der Waals surface area contributed by atoms with Crippen LogP contribution in [0.3, 0.4) is 0 Å². The predicted octanol–water partition coefficient (Wildman–Crippen LogP) is 3.70. The molecule has 28 heavy (non-hydrogen) atoms. The summed E-state index contributed by atoms with van der Waals surface area (Å²) in [4.78, 5) is 13.1. The normalized spacial score (nSPS) is 10.7. The Morgan fingerprint density at radius 3 is 1.32 bits per heavy atom. The van der Waals surface area contributed by atoms with Crippen molar-refractivity contribution in [3.63, 3.8) is 0 Å². The molecule has 0 unspecified atom stereocenters. The number of phenolic OH excluding ortho intramolecular Hbond substituents is 4. The van der Waals surface area contributed by atoms with Crippen LogP contribution in [-0.4, -0.2) is 35.4 Å². The molecule has 0 bridgehead atoms. The SMILES string of the molecule is Oc1ccc(-c2nc(-c3ccccc3O)nc(-c3ccccc3O)n2)c(O)c1. The van der Waals surface area contributed by atoms with Gasteiger partial charge in [0.2, 0.25) is 0 Å². The number of para-hydroxylation sites is 2. The topological polar surface area (TPSA) is 120 Å². The minimum absolute atomic E-state index is 0.0159. The van der Waals surface area contributed by atoms with Gasteiger partial charge in [0.05, 0.1) is 16.7 Å². The number of hydrogen-bond acceptors (Lipinski definition) is 7. The molecule has 4 N–H and O–H groups in total. The largest absolute Gasteiger partial charge is 0.508 e. The Labute approximate surface area is 159 Å². The van der Waals surface area contributed by atoms with E-state index in [4.69, 9.17) is 0 Å². The summed E-state index contributed by atoms with van der Waals surface area (Å²) >= 11 is 0.